The van der Waals surface area contributed by atoms with E-state index in [4.69, 9.17) is 4.74 Å². The molecular formula is C18H17N3O4S. The van der Waals surface area contributed by atoms with Gasteiger partial charge in [0.1, 0.15) is 5.75 Å². The Morgan fingerprint density at radius 1 is 1.27 bits per heavy atom. The average Bonchev–Trinajstić information content (AvgIpc) is 2.98. The van der Waals surface area contributed by atoms with E-state index in [9.17, 15) is 14.9 Å². The molecule has 0 aliphatic rings. The van der Waals surface area contributed by atoms with E-state index < -0.39 is 10.8 Å². The number of carbonyl (C=O) groups is 1. The Bertz CT molecular complexity index is 1030. The highest BCUT2D eigenvalue weighted by atomic mass is 32.1. The predicted molar refractivity (Wildman–Crippen MR) is 99.6 cm³/mol. The molecule has 1 amide bonds. The van der Waals surface area contributed by atoms with E-state index in [0.717, 1.165) is 28.9 Å². The summed E-state index contributed by atoms with van der Waals surface area (Å²) in [5.41, 5.74) is 1.25. The zero-order valence-corrected chi connectivity index (χ0v) is 15.2. The minimum atomic E-state index is -0.500. The molecule has 3 aromatic rings. The van der Waals surface area contributed by atoms with E-state index in [2.05, 4.69) is 11.9 Å². The largest absolute Gasteiger partial charge is 0.497 e. The Hall–Kier alpha value is -3.00. The van der Waals surface area contributed by atoms with Crippen molar-refractivity contribution in [2.75, 3.05) is 7.11 Å². The van der Waals surface area contributed by atoms with E-state index >= 15 is 0 Å². The molecule has 26 heavy (non-hydrogen) atoms. The molecule has 1 aromatic heterocycles. The molecule has 0 radical (unpaired) electrons. The molecule has 0 bridgehead atoms. The van der Waals surface area contributed by atoms with E-state index in [0.29, 0.717) is 10.4 Å². The first-order chi connectivity index (χ1) is 12.5. The molecule has 0 fully saturated rings. The zero-order chi connectivity index (χ0) is 18.7. The summed E-state index contributed by atoms with van der Waals surface area (Å²) in [5, 5.41) is 10.7. The van der Waals surface area contributed by atoms with Gasteiger partial charge in [-0.25, -0.2) is 0 Å². The van der Waals surface area contributed by atoms with Crippen LogP contribution in [0.4, 0.5) is 5.69 Å². The van der Waals surface area contributed by atoms with Crippen molar-refractivity contribution in [2.24, 2.45) is 4.99 Å². The number of rotatable bonds is 5. The molecule has 0 saturated heterocycles. The molecule has 3 rings (SSSR count). The molecule has 0 aliphatic heterocycles. The number of nitro groups is 1. The summed E-state index contributed by atoms with van der Waals surface area (Å²) in [7, 11) is 1.61. The Labute approximate surface area is 153 Å². The monoisotopic (exact) mass is 371 g/mol. The van der Waals surface area contributed by atoms with Gasteiger partial charge in [-0.1, -0.05) is 18.3 Å². The van der Waals surface area contributed by atoms with Crippen molar-refractivity contribution in [1.29, 1.82) is 0 Å². The number of nitrogens with zero attached hydrogens (tertiary/aromatic N) is 3. The minimum absolute atomic E-state index is 0.0587. The van der Waals surface area contributed by atoms with Crippen LogP contribution in [0, 0.1) is 10.1 Å². The van der Waals surface area contributed by atoms with Gasteiger partial charge in [0, 0.05) is 24.2 Å². The molecule has 134 valence electrons. The van der Waals surface area contributed by atoms with E-state index in [1.165, 1.54) is 35.6 Å². The molecule has 8 heteroatoms. The quantitative estimate of drug-likeness (QED) is 0.504. The molecular weight excluding hydrogens is 354 g/mol. The van der Waals surface area contributed by atoms with Crippen LogP contribution in [-0.2, 0) is 6.54 Å². The maximum absolute atomic E-state index is 12.5. The number of carbonyl (C=O) groups excluding carboxylic acids is 1. The molecule has 0 atom stereocenters. The fourth-order valence-corrected chi connectivity index (χ4v) is 3.67. The van der Waals surface area contributed by atoms with Gasteiger partial charge in [0.25, 0.3) is 11.6 Å². The number of nitro benzene ring substituents is 1. The normalized spacial score (nSPS) is 11.7. The number of hydrogen-bond donors (Lipinski definition) is 0. The molecule has 0 spiro atoms. The molecule has 2 aromatic carbocycles. The van der Waals surface area contributed by atoms with Gasteiger partial charge >= 0.3 is 0 Å². The second-order valence-corrected chi connectivity index (χ2v) is 6.60. The van der Waals surface area contributed by atoms with Crippen molar-refractivity contribution in [3.05, 3.63) is 62.9 Å². The van der Waals surface area contributed by atoms with Crippen LogP contribution < -0.4 is 9.54 Å². The summed E-state index contributed by atoms with van der Waals surface area (Å²) in [5.74, 6) is 0.318. The summed E-state index contributed by atoms with van der Waals surface area (Å²) in [6.07, 6.45) is 0.900. The van der Waals surface area contributed by atoms with Gasteiger partial charge in [0.2, 0.25) is 0 Å². The highest BCUT2D eigenvalue weighted by Gasteiger charge is 2.11. The molecule has 0 saturated carbocycles. The van der Waals surface area contributed by atoms with E-state index in [1.54, 1.807) is 7.11 Å². The van der Waals surface area contributed by atoms with Crippen LogP contribution in [0.2, 0.25) is 0 Å². The maximum Gasteiger partial charge on any atom is 0.279 e. The number of amides is 1. The molecule has 0 N–H and O–H groups in total. The first kappa shape index (κ1) is 17.8. The lowest BCUT2D eigenvalue weighted by Crippen LogP contribution is -2.16. The summed E-state index contributed by atoms with van der Waals surface area (Å²) < 4.78 is 8.24. The second-order valence-electron chi connectivity index (χ2n) is 5.59. The Morgan fingerprint density at radius 3 is 2.62 bits per heavy atom. The average molecular weight is 371 g/mol. The summed E-state index contributed by atoms with van der Waals surface area (Å²) in [6.45, 7) is 2.79. The smallest absolute Gasteiger partial charge is 0.279 e. The summed E-state index contributed by atoms with van der Waals surface area (Å²) in [4.78, 5) is 27.6. The lowest BCUT2D eigenvalue weighted by Gasteiger charge is -2.03. The van der Waals surface area contributed by atoms with Crippen LogP contribution in [-0.4, -0.2) is 22.5 Å². The lowest BCUT2D eigenvalue weighted by molar-refractivity contribution is -0.384. The zero-order valence-electron chi connectivity index (χ0n) is 14.3. The Kier molecular flexibility index (Phi) is 5.13. The van der Waals surface area contributed by atoms with Gasteiger partial charge < -0.3 is 9.30 Å². The van der Waals surface area contributed by atoms with Crippen LogP contribution in [0.1, 0.15) is 23.7 Å². The van der Waals surface area contributed by atoms with Crippen LogP contribution in [0.3, 0.4) is 0 Å². The third-order valence-corrected chi connectivity index (χ3v) is 4.90. The highest BCUT2D eigenvalue weighted by molar-refractivity contribution is 7.16. The Balaban J connectivity index is 2.05. The lowest BCUT2D eigenvalue weighted by atomic mass is 10.2. The fraction of sp³-hybridized carbons (Fsp3) is 0.222. The first-order valence-electron chi connectivity index (χ1n) is 8.04. The number of methoxy groups -OCH3 is 1. The SMILES string of the molecule is CCCn1c(=NC(=O)c2ccc([N+](=O)[O-])cc2)sc2cc(OC)ccc21. The summed E-state index contributed by atoms with van der Waals surface area (Å²) in [6, 6.07) is 11.2. The van der Waals surface area contributed by atoms with Crippen molar-refractivity contribution >= 4 is 33.1 Å². The van der Waals surface area contributed by atoms with E-state index in [-0.39, 0.29) is 5.69 Å². The van der Waals surface area contributed by atoms with Gasteiger partial charge in [0.15, 0.2) is 4.80 Å². The minimum Gasteiger partial charge on any atom is -0.497 e. The van der Waals surface area contributed by atoms with Crippen molar-refractivity contribution in [3.63, 3.8) is 0 Å². The van der Waals surface area contributed by atoms with E-state index in [1.807, 2.05) is 22.8 Å². The number of fused-ring (bicyclic) bond motifs is 1. The molecule has 7 nitrogen and oxygen atoms in total. The highest BCUT2D eigenvalue weighted by Crippen LogP contribution is 2.23. The molecule has 0 aliphatic carbocycles. The number of hydrogen-bond acceptors (Lipinski definition) is 5. The van der Waals surface area contributed by atoms with Gasteiger partial charge in [-0.3, -0.25) is 14.9 Å². The third-order valence-electron chi connectivity index (χ3n) is 3.86. The standard InChI is InChI=1S/C18H17N3O4S/c1-3-10-20-15-9-8-14(25-2)11-16(15)26-18(20)19-17(22)12-4-6-13(7-5-12)21(23)24/h4-9,11H,3,10H2,1-2H3. The number of non-ortho nitro benzene ring substituents is 1. The van der Waals surface area contributed by atoms with Crippen LogP contribution in [0.5, 0.6) is 5.75 Å². The second kappa shape index (κ2) is 7.49. The number of aryl methyl sites for hydroxylation is 1. The van der Waals surface area contributed by atoms with Crippen LogP contribution in [0.25, 0.3) is 10.2 Å². The van der Waals surface area contributed by atoms with Gasteiger partial charge in [-0.15, -0.1) is 0 Å². The molecule has 0 unspecified atom stereocenters. The number of ether oxygens (including phenoxy) is 1. The number of aromatic nitrogens is 1. The van der Waals surface area contributed by atoms with Crippen molar-refractivity contribution < 1.29 is 14.5 Å². The predicted octanol–water partition coefficient (Wildman–Crippen LogP) is 3.77. The summed E-state index contributed by atoms with van der Waals surface area (Å²) >= 11 is 1.41. The first-order valence-corrected chi connectivity index (χ1v) is 8.86. The van der Waals surface area contributed by atoms with Crippen molar-refractivity contribution in [2.45, 2.75) is 19.9 Å². The van der Waals surface area contributed by atoms with Crippen LogP contribution in [0.15, 0.2) is 47.5 Å². The topological polar surface area (TPSA) is 86.7 Å². The fourth-order valence-electron chi connectivity index (χ4n) is 2.58. The number of thiazole rings is 1. The molecule has 1 heterocycles. The van der Waals surface area contributed by atoms with Crippen molar-refractivity contribution in [3.8, 4) is 5.75 Å². The van der Waals surface area contributed by atoms with Gasteiger partial charge in [-0.2, -0.15) is 4.99 Å². The van der Waals surface area contributed by atoms with Crippen molar-refractivity contribution in [1.82, 2.24) is 4.57 Å². The third kappa shape index (κ3) is 3.50. The maximum atomic E-state index is 12.5. The Morgan fingerprint density at radius 2 is 2.00 bits per heavy atom. The van der Waals surface area contributed by atoms with Crippen LogP contribution >= 0.6 is 11.3 Å². The van der Waals surface area contributed by atoms with Gasteiger partial charge in [0.05, 0.1) is 22.2 Å². The van der Waals surface area contributed by atoms with Gasteiger partial charge in [-0.05, 0) is 36.8 Å². The number of benzene rings is 2.